The summed E-state index contributed by atoms with van der Waals surface area (Å²) in [5.41, 5.74) is 1.48. The van der Waals surface area contributed by atoms with Crippen molar-refractivity contribution in [3.05, 3.63) is 24.3 Å². The average Bonchev–Trinajstić information content (AvgIpc) is 2.89. The van der Waals surface area contributed by atoms with Crippen LogP contribution in [0.3, 0.4) is 0 Å². The van der Waals surface area contributed by atoms with Gasteiger partial charge in [0.05, 0.1) is 13.2 Å². The third-order valence-corrected chi connectivity index (χ3v) is 3.00. The summed E-state index contributed by atoms with van der Waals surface area (Å²) in [6, 6.07) is 7.43. The number of rotatable bonds is 3. The predicted molar refractivity (Wildman–Crippen MR) is 66.4 cm³/mol. The minimum atomic E-state index is -0.0668. The standard InChI is InChI=1S/C12H14N4O3/c17-12(15-5-7-18-8-6-15)9-19-16-11-4-2-1-3-10(11)13-14-16/h1-4H,5-9H2. The fourth-order valence-corrected chi connectivity index (χ4v) is 1.96. The number of nitrogens with zero attached hydrogens (tertiary/aromatic N) is 4. The molecule has 0 bridgehead atoms. The number of aromatic nitrogens is 3. The zero-order chi connectivity index (χ0) is 13.1. The van der Waals surface area contributed by atoms with Gasteiger partial charge in [-0.05, 0) is 17.3 Å². The normalized spacial score (nSPS) is 15.7. The quantitative estimate of drug-likeness (QED) is 0.761. The monoisotopic (exact) mass is 262 g/mol. The van der Waals surface area contributed by atoms with E-state index in [4.69, 9.17) is 9.57 Å². The Morgan fingerprint density at radius 2 is 2.11 bits per heavy atom. The van der Waals surface area contributed by atoms with Gasteiger partial charge in [-0.25, -0.2) is 0 Å². The first kappa shape index (κ1) is 11.9. The Bertz CT molecular complexity index is 577. The number of carbonyl (C=O) groups is 1. The number of amides is 1. The van der Waals surface area contributed by atoms with Crippen molar-refractivity contribution in [2.45, 2.75) is 0 Å². The van der Waals surface area contributed by atoms with Crippen molar-refractivity contribution in [3.63, 3.8) is 0 Å². The second-order valence-corrected chi connectivity index (χ2v) is 4.22. The fraction of sp³-hybridized carbons (Fsp3) is 0.417. The molecule has 0 radical (unpaired) electrons. The van der Waals surface area contributed by atoms with Gasteiger partial charge in [-0.2, -0.15) is 0 Å². The van der Waals surface area contributed by atoms with Gasteiger partial charge in [0.25, 0.3) is 5.91 Å². The van der Waals surface area contributed by atoms with Gasteiger partial charge in [0, 0.05) is 13.1 Å². The van der Waals surface area contributed by atoms with E-state index in [0.29, 0.717) is 26.3 Å². The van der Waals surface area contributed by atoms with E-state index in [1.165, 1.54) is 4.85 Å². The number of fused-ring (bicyclic) bond motifs is 1. The van der Waals surface area contributed by atoms with Gasteiger partial charge in [-0.1, -0.05) is 17.0 Å². The second-order valence-electron chi connectivity index (χ2n) is 4.22. The summed E-state index contributed by atoms with van der Waals surface area (Å²) in [5.74, 6) is -0.0668. The molecular weight excluding hydrogens is 248 g/mol. The minimum Gasteiger partial charge on any atom is -0.385 e. The number of carbonyl (C=O) groups excluding carboxylic acids is 1. The van der Waals surface area contributed by atoms with Gasteiger partial charge in [0.15, 0.2) is 6.61 Å². The van der Waals surface area contributed by atoms with E-state index >= 15 is 0 Å². The third-order valence-electron chi connectivity index (χ3n) is 3.00. The molecule has 0 spiro atoms. The summed E-state index contributed by atoms with van der Waals surface area (Å²) < 4.78 is 5.20. The van der Waals surface area contributed by atoms with Gasteiger partial charge < -0.3 is 14.5 Å². The van der Waals surface area contributed by atoms with Crippen LogP contribution < -0.4 is 4.84 Å². The van der Waals surface area contributed by atoms with Crippen molar-refractivity contribution in [2.75, 3.05) is 32.9 Å². The van der Waals surface area contributed by atoms with Crippen LogP contribution >= 0.6 is 0 Å². The molecule has 1 amide bonds. The molecule has 7 heteroatoms. The van der Waals surface area contributed by atoms with Crippen LogP contribution in [0, 0.1) is 0 Å². The zero-order valence-corrected chi connectivity index (χ0v) is 10.4. The van der Waals surface area contributed by atoms with E-state index in [0.717, 1.165) is 11.0 Å². The summed E-state index contributed by atoms with van der Waals surface area (Å²) in [6.07, 6.45) is 0. The van der Waals surface area contributed by atoms with Crippen molar-refractivity contribution >= 4 is 16.9 Å². The summed E-state index contributed by atoms with van der Waals surface area (Å²) in [7, 11) is 0. The molecule has 0 aliphatic carbocycles. The Morgan fingerprint density at radius 1 is 1.32 bits per heavy atom. The maximum absolute atomic E-state index is 11.9. The SMILES string of the molecule is O=C(COn1nnc2ccccc21)N1CCOCC1. The highest BCUT2D eigenvalue weighted by Crippen LogP contribution is 2.08. The third kappa shape index (κ3) is 2.50. The number of hydrogen-bond acceptors (Lipinski definition) is 5. The van der Waals surface area contributed by atoms with Crippen molar-refractivity contribution in [3.8, 4) is 0 Å². The Hall–Kier alpha value is -2.15. The Kier molecular flexibility index (Phi) is 3.28. The maximum Gasteiger partial charge on any atom is 0.263 e. The van der Waals surface area contributed by atoms with Crippen molar-refractivity contribution in [1.29, 1.82) is 0 Å². The molecule has 100 valence electrons. The van der Waals surface area contributed by atoms with Gasteiger partial charge >= 0.3 is 0 Å². The second kappa shape index (κ2) is 5.23. The van der Waals surface area contributed by atoms with Crippen molar-refractivity contribution in [1.82, 2.24) is 20.1 Å². The molecule has 3 rings (SSSR count). The highest BCUT2D eigenvalue weighted by Gasteiger charge is 2.17. The summed E-state index contributed by atoms with van der Waals surface area (Å²) >= 11 is 0. The molecule has 2 aromatic rings. The van der Waals surface area contributed by atoms with Gasteiger partial charge in [-0.3, -0.25) is 4.79 Å². The van der Waals surface area contributed by atoms with E-state index in [9.17, 15) is 4.79 Å². The lowest BCUT2D eigenvalue weighted by Gasteiger charge is -2.26. The summed E-state index contributed by atoms with van der Waals surface area (Å²) in [4.78, 5) is 20.3. The van der Waals surface area contributed by atoms with E-state index in [2.05, 4.69) is 10.3 Å². The van der Waals surface area contributed by atoms with E-state index in [1.54, 1.807) is 4.90 Å². The molecule has 0 N–H and O–H groups in total. The molecule has 7 nitrogen and oxygen atoms in total. The van der Waals surface area contributed by atoms with E-state index in [1.807, 2.05) is 24.3 Å². The maximum atomic E-state index is 11.9. The largest absolute Gasteiger partial charge is 0.385 e. The first-order valence-electron chi connectivity index (χ1n) is 6.14. The summed E-state index contributed by atoms with van der Waals surface area (Å²) in [5, 5.41) is 7.81. The Balaban J connectivity index is 1.64. The highest BCUT2D eigenvalue weighted by atomic mass is 16.7. The molecule has 0 atom stereocenters. The van der Waals surface area contributed by atoms with Gasteiger partial charge in [-0.15, -0.1) is 5.10 Å². The van der Waals surface area contributed by atoms with Crippen LogP contribution in [0.5, 0.6) is 0 Å². The lowest BCUT2D eigenvalue weighted by molar-refractivity contribution is -0.140. The van der Waals surface area contributed by atoms with Crippen LogP contribution in [-0.2, 0) is 9.53 Å². The minimum absolute atomic E-state index is 0.0483. The van der Waals surface area contributed by atoms with Gasteiger partial charge in [0.2, 0.25) is 0 Å². The molecule has 2 heterocycles. The van der Waals surface area contributed by atoms with Crippen molar-refractivity contribution in [2.24, 2.45) is 0 Å². The van der Waals surface area contributed by atoms with Crippen LogP contribution in [0.2, 0.25) is 0 Å². The molecule has 1 aliphatic rings. The zero-order valence-electron chi connectivity index (χ0n) is 10.4. The van der Waals surface area contributed by atoms with Crippen molar-refractivity contribution < 1.29 is 14.4 Å². The number of morpholine rings is 1. The van der Waals surface area contributed by atoms with Crippen LogP contribution in [0.1, 0.15) is 0 Å². The van der Waals surface area contributed by atoms with Crippen LogP contribution in [0.15, 0.2) is 24.3 Å². The molecule has 1 aromatic carbocycles. The Morgan fingerprint density at radius 3 is 2.95 bits per heavy atom. The molecule has 0 unspecified atom stereocenters. The first-order chi connectivity index (χ1) is 9.34. The number of hydrogen-bond donors (Lipinski definition) is 0. The lowest BCUT2D eigenvalue weighted by atomic mass is 10.3. The molecule has 0 saturated carbocycles. The molecular formula is C12H14N4O3. The molecule has 1 aliphatic heterocycles. The van der Waals surface area contributed by atoms with Crippen LogP contribution in [0.4, 0.5) is 0 Å². The molecule has 1 aromatic heterocycles. The number of benzene rings is 1. The number of para-hydroxylation sites is 1. The van der Waals surface area contributed by atoms with E-state index < -0.39 is 0 Å². The fourth-order valence-electron chi connectivity index (χ4n) is 1.96. The Labute approximate surface area is 109 Å². The lowest BCUT2D eigenvalue weighted by Crippen LogP contribution is -2.43. The molecule has 1 saturated heterocycles. The summed E-state index contributed by atoms with van der Waals surface area (Å²) in [6.45, 7) is 2.34. The molecule has 1 fully saturated rings. The first-order valence-corrected chi connectivity index (χ1v) is 6.14. The van der Waals surface area contributed by atoms with Gasteiger partial charge in [0.1, 0.15) is 11.0 Å². The predicted octanol–water partition coefficient (Wildman–Crippen LogP) is -0.281. The highest BCUT2D eigenvalue weighted by molar-refractivity contribution is 5.78. The number of ether oxygens (including phenoxy) is 1. The van der Waals surface area contributed by atoms with E-state index in [-0.39, 0.29) is 12.5 Å². The molecule has 19 heavy (non-hydrogen) atoms. The average molecular weight is 262 g/mol. The smallest absolute Gasteiger partial charge is 0.263 e. The van der Waals surface area contributed by atoms with Crippen LogP contribution in [0.25, 0.3) is 11.0 Å². The van der Waals surface area contributed by atoms with Crippen LogP contribution in [-0.4, -0.2) is 58.9 Å². The topological polar surface area (TPSA) is 69.5 Å².